The Bertz CT molecular complexity index is 1290. The molecule has 8 nitrogen and oxygen atoms in total. The predicted octanol–water partition coefficient (Wildman–Crippen LogP) is 4.15. The zero-order chi connectivity index (χ0) is 22.7. The number of benzene rings is 1. The van der Waals surface area contributed by atoms with E-state index in [1.165, 1.54) is 23.1 Å². The molecule has 0 radical (unpaired) electrons. The number of pyridine rings is 1. The van der Waals surface area contributed by atoms with E-state index in [2.05, 4.69) is 25.8 Å². The van der Waals surface area contributed by atoms with Crippen molar-refractivity contribution in [1.29, 1.82) is 0 Å². The van der Waals surface area contributed by atoms with Gasteiger partial charge in [-0.25, -0.2) is 9.18 Å². The van der Waals surface area contributed by atoms with Gasteiger partial charge in [0.1, 0.15) is 5.83 Å². The van der Waals surface area contributed by atoms with Gasteiger partial charge in [0.2, 0.25) is 0 Å². The van der Waals surface area contributed by atoms with Crippen LogP contribution in [0.4, 0.5) is 14.9 Å². The summed E-state index contributed by atoms with van der Waals surface area (Å²) in [5.41, 5.74) is 3.55. The summed E-state index contributed by atoms with van der Waals surface area (Å²) < 4.78 is 13.4. The number of rotatable bonds is 4. The average molecular weight is 432 g/mol. The number of nitrogens with one attached hydrogen (secondary N) is 3. The van der Waals surface area contributed by atoms with Gasteiger partial charge >= 0.3 is 6.03 Å². The maximum absolute atomic E-state index is 13.4. The van der Waals surface area contributed by atoms with E-state index in [0.29, 0.717) is 28.7 Å². The quantitative estimate of drug-likeness (QED) is 0.576. The van der Waals surface area contributed by atoms with Gasteiger partial charge in [0, 0.05) is 36.9 Å². The highest BCUT2D eigenvalue weighted by Crippen LogP contribution is 2.27. The summed E-state index contributed by atoms with van der Waals surface area (Å²) in [6.07, 6.45) is 9.58. The van der Waals surface area contributed by atoms with E-state index in [-0.39, 0.29) is 17.6 Å². The number of H-pyrrole nitrogens is 1. The van der Waals surface area contributed by atoms with Gasteiger partial charge in [-0.3, -0.25) is 14.9 Å². The number of fused-ring (bicyclic) bond motifs is 1. The molecule has 0 unspecified atom stereocenters. The van der Waals surface area contributed by atoms with Crippen molar-refractivity contribution in [2.75, 3.05) is 19.4 Å². The molecular weight excluding hydrogens is 411 g/mol. The Kier molecular flexibility index (Phi) is 5.80. The smallest absolute Gasteiger partial charge is 0.321 e. The molecule has 1 aliphatic carbocycles. The van der Waals surface area contributed by atoms with Crippen molar-refractivity contribution in [1.82, 2.24) is 25.4 Å². The number of urea groups is 1. The number of carbonyl (C=O) groups is 2. The fourth-order valence-corrected chi connectivity index (χ4v) is 3.16. The predicted molar refractivity (Wildman–Crippen MR) is 121 cm³/mol. The Hall–Kier alpha value is -4.27. The molecule has 3 aromatic rings. The molecule has 0 spiro atoms. The lowest BCUT2D eigenvalue weighted by Gasteiger charge is -2.12. The molecule has 2 aromatic heterocycles. The van der Waals surface area contributed by atoms with E-state index in [1.54, 1.807) is 38.6 Å². The first-order valence-corrected chi connectivity index (χ1v) is 9.88. The van der Waals surface area contributed by atoms with E-state index >= 15 is 0 Å². The molecule has 0 aliphatic heterocycles. The lowest BCUT2D eigenvalue weighted by atomic mass is 10.0. The number of nitrogens with zero attached hydrogens (tertiary/aromatic N) is 3. The molecule has 1 aliphatic rings. The summed E-state index contributed by atoms with van der Waals surface area (Å²) in [4.78, 5) is 30.4. The van der Waals surface area contributed by atoms with Gasteiger partial charge in [-0.1, -0.05) is 12.1 Å². The van der Waals surface area contributed by atoms with E-state index < -0.39 is 5.91 Å². The molecule has 4 rings (SSSR count). The molecule has 0 bridgehead atoms. The van der Waals surface area contributed by atoms with Gasteiger partial charge < -0.3 is 15.5 Å². The third-order valence-electron chi connectivity index (χ3n) is 4.84. The van der Waals surface area contributed by atoms with Crippen LogP contribution in [0.1, 0.15) is 16.9 Å². The Morgan fingerprint density at radius 3 is 2.72 bits per heavy atom. The third-order valence-corrected chi connectivity index (χ3v) is 4.84. The van der Waals surface area contributed by atoms with Crippen LogP contribution in [0.15, 0.2) is 72.5 Å². The van der Waals surface area contributed by atoms with Crippen LogP contribution >= 0.6 is 0 Å². The topological polar surface area (TPSA) is 103 Å². The average Bonchev–Trinajstić information content (AvgIpc) is 3.10. The number of aromatic nitrogens is 3. The van der Waals surface area contributed by atoms with Gasteiger partial charge in [0.15, 0.2) is 5.69 Å². The van der Waals surface area contributed by atoms with Crippen molar-refractivity contribution in [3.63, 3.8) is 0 Å². The Balaban J connectivity index is 1.61. The van der Waals surface area contributed by atoms with Crippen LogP contribution in [-0.4, -0.2) is 46.1 Å². The molecule has 1 aromatic carbocycles. The molecule has 162 valence electrons. The minimum Gasteiger partial charge on any atom is -0.331 e. The maximum atomic E-state index is 13.4. The highest BCUT2D eigenvalue weighted by molar-refractivity contribution is 6.06. The second-order valence-electron chi connectivity index (χ2n) is 7.39. The number of halogens is 1. The highest BCUT2D eigenvalue weighted by Gasteiger charge is 2.16. The van der Waals surface area contributed by atoms with Gasteiger partial charge in [-0.15, -0.1) is 0 Å². The van der Waals surface area contributed by atoms with Crippen molar-refractivity contribution in [2.45, 2.75) is 6.42 Å². The minimum atomic E-state index is -0.406. The van der Waals surface area contributed by atoms with Crippen molar-refractivity contribution >= 4 is 28.5 Å². The molecule has 0 fully saturated rings. The normalized spacial score (nSPS) is 13.2. The maximum Gasteiger partial charge on any atom is 0.321 e. The highest BCUT2D eigenvalue weighted by atomic mass is 19.1. The Labute approximate surface area is 183 Å². The molecule has 32 heavy (non-hydrogen) atoms. The fraction of sp³-hybridized carbons (Fsp3) is 0.130. The zero-order valence-corrected chi connectivity index (χ0v) is 17.5. The van der Waals surface area contributed by atoms with Crippen molar-refractivity contribution < 1.29 is 14.0 Å². The lowest BCUT2D eigenvalue weighted by molar-refractivity contribution is 0.0963. The fourth-order valence-electron chi connectivity index (χ4n) is 3.16. The summed E-state index contributed by atoms with van der Waals surface area (Å²) >= 11 is 0. The van der Waals surface area contributed by atoms with Gasteiger partial charge in [0.05, 0.1) is 17.4 Å². The Morgan fingerprint density at radius 2 is 1.91 bits per heavy atom. The van der Waals surface area contributed by atoms with E-state index in [4.69, 9.17) is 0 Å². The minimum absolute atomic E-state index is 0.221. The van der Waals surface area contributed by atoms with Crippen LogP contribution in [0.3, 0.4) is 0 Å². The standard InChI is InChI=1S/C23H21FN6O2/c1-30(2)23(32)27-18-10-15(12-25-13-18)14-6-9-20-19(11-14)21(29-28-20)22(31)26-17-5-3-4-16(24)7-8-17/h4-13H,3H2,1-2H3,(H,26,31)(H,27,32)(H,28,29). The third kappa shape index (κ3) is 4.56. The van der Waals surface area contributed by atoms with Crippen LogP contribution in [0, 0.1) is 0 Å². The Morgan fingerprint density at radius 1 is 1.06 bits per heavy atom. The van der Waals surface area contributed by atoms with Crippen molar-refractivity contribution in [3.05, 3.63) is 78.2 Å². The SMILES string of the molecule is CN(C)C(=O)Nc1cncc(-c2ccc3[nH]nc(C(=O)NC4=CCC=C(F)C=C4)c3c2)c1. The van der Waals surface area contributed by atoms with Crippen molar-refractivity contribution in [3.8, 4) is 11.1 Å². The largest absolute Gasteiger partial charge is 0.331 e. The molecule has 3 N–H and O–H groups in total. The van der Waals surface area contributed by atoms with Crippen LogP contribution < -0.4 is 10.6 Å². The lowest BCUT2D eigenvalue weighted by Crippen LogP contribution is -2.27. The summed E-state index contributed by atoms with van der Waals surface area (Å²) in [7, 11) is 3.31. The molecular formula is C23H21FN6O2. The number of hydrogen-bond donors (Lipinski definition) is 3. The summed E-state index contributed by atoms with van der Waals surface area (Å²) in [6, 6.07) is 7.08. The zero-order valence-electron chi connectivity index (χ0n) is 17.5. The molecule has 0 saturated heterocycles. The number of aromatic amines is 1. The summed E-state index contributed by atoms with van der Waals surface area (Å²) in [5.74, 6) is -0.755. The van der Waals surface area contributed by atoms with Gasteiger partial charge in [-0.2, -0.15) is 5.10 Å². The van der Waals surface area contributed by atoms with Crippen LogP contribution in [0.25, 0.3) is 22.0 Å². The summed E-state index contributed by atoms with van der Waals surface area (Å²) in [6.45, 7) is 0. The van der Waals surface area contributed by atoms with Crippen LogP contribution in [0.5, 0.6) is 0 Å². The summed E-state index contributed by atoms with van der Waals surface area (Å²) in [5, 5.41) is 13.2. The number of allylic oxidation sites excluding steroid dienone is 5. The number of amides is 3. The second kappa shape index (κ2) is 8.84. The van der Waals surface area contributed by atoms with Gasteiger partial charge in [0.25, 0.3) is 5.91 Å². The molecule has 2 heterocycles. The van der Waals surface area contributed by atoms with E-state index in [9.17, 15) is 14.0 Å². The van der Waals surface area contributed by atoms with Gasteiger partial charge in [-0.05, 0) is 48.4 Å². The molecule has 9 heteroatoms. The molecule has 3 amide bonds. The molecule has 0 atom stereocenters. The second-order valence-corrected chi connectivity index (χ2v) is 7.39. The van der Waals surface area contributed by atoms with E-state index in [0.717, 1.165) is 11.1 Å². The first-order chi connectivity index (χ1) is 15.4. The number of hydrogen-bond acceptors (Lipinski definition) is 4. The molecule has 0 saturated carbocycles. The first kappa shape index (κ1) is 21.0. The van der Waals surface area contributed by atoms with Crippen LogP contribution in [-0.2, 0) is 0 Å². The number of carbonyl (C=O) groups excluding carboxylic acids is 2. The van der Waals surface area contributed by atoms with Crippen LogP contribution in [0.2, 0.25) is 0 Å². The van der Waals surface area contributed by atoms with Crippen molar-refractivity contribution in [2.24, 2.45) is 0 Å². The first-order valence-electron chi connectivity index (χ1n) is 9.88. The number of anilines is 1. The monoisotopic (exact) mass is 432 g/mol. The van der Waals surface area contributed by atoms with E-state index in [1.807, 2.05) is 18.2 Å².